The molecule has 118 valence electrons. The molecule has 2 aromatic rings. The Morgan fingerprint density at radius 2 is 0.913 bits per heavy atom. The van der Waals surface area contributed by atoms with Gasteiger partial charge in [-0.3, -0.25) is 0 Å². The van der Waals surface area contributed by atoms with Crippen molar-refractivity contribution in [3.63, 3.8) is 0 Å². The largest absolute Gasteiger partial charge is 0.508 e. The third-order valence-electron chi connectivity index (χ3n) is 3.79. The van der Waals surface area contributed by atoms with Gasteiger partial charge in [0.25, 0.3) is 0 Å². The maximum atomic E-state index is 9.66. The lowest BCUT2D eigenvalue weighted by atomic mass is 9.77. The molecule has 0 amide bonds. The van der Waals surface area contributed by atoms with Gasteiger partial charge in [0.2, 0.25) is 0 Å². The molecule has 4 N–H and O–H groups in total. The van der Waals surface area contributed by atoms with Gasteiger partial charge in [0.1, 0.15) is 23.0 Å². The summed E-state index contributed by atoms with van der Waals surface area (Å²) in [6.45, 7) is 3.78. The van der Waals surface area contributed by atoms with Crippen molar-refractivity contribution in [1.29, 1.82) is 0 Å². The van der Waals surface area contributed by atoms with Crippen molar-refractivity contribution in [2.24, 2.45) is 15.6 Å². The second-order valence-electron chi connectivity index (χ2n) is 6.00. The lowest BCUT2D eigenvalue weighted by Crippen LogP contribution is -2.31. The summed E-state index contributed by atoms with van der Waals surface area (Å²) in [5.41, 5.74) is 1.61. The Morgan fingerprint density at radius 1 is 0.609 bits per heavy atom. The highest BCUT2D eigenvalue weighted by atomic mass is 16.3. The highest BCUT2D eigenvalue weighted by molar-refractivity contribution is 6.25. The first-order valence-electron chi connectivity index (χ1n) is 7.01. The summed E-state index contributed by atoms with van der Waals surface area (Å²) in [5.74, 6) is -0.271. The van der Waals surface area contributed by atoms with Crippen LogP contribution in [-0.4, -0.2) is 31.8 Å². The van der Waals surface area contributed by atoms with E-state index in [0.717, 1.165) is 0 Å². The van der Waals surface area contributed by atoms with Crippen molar-refractivity contribution in [3.8, 4) is 23.0 Å². The summed E-state index contributed by atoms with van der Waals surface area (Å²) in [6, 6.07) is 8.47. The van der Waals surface area contributed by atoms with Crippen LogP contribution in [0.15, 0.2) is 46.6 Å². The standard InChI is InChI=1S/C17H16N2O4/c1-17(2)15(9-3-11(20)7-12(21)4-9)18-19-16(17)10-5-13(22)8-14(23)6-10/h3-8,20-23H,1-2H3. The van der Waals surface area contributed by atoms with E-state index in [0.29, 0.717) is 22.6 Å². The van der Waals surface area contributed by atoms with E-state index in [2.05, 4.69) is 10.2 Å². The van der Waals surface area contributed by atoms with Crippen LogP contribution in [0.2, 0.25) is 0 Å². The van der Waals surface area contributed by atoms with E-state index >= 15 is 0 Å². The predicted octanol–water partition coefficient (Wildman–Crippen LogP) is 2.74. The number of hydrogen-bond acceptors (Lipinski definition) is 6. The molecular formula is C17H16N2O4. The summed E-state index contributed by atoms with van der Waals surface area (Å²) in [4.78, 5) is 0. The summed E-state index contributed by atoms with van der Waals surface area (Å²) in [7, 11) is 0. The molecule has 0 bridgehead atoms. The van der Waals surface area contributed by atoms with Crippen molar-refractivity contribution in [1.82, 2.24) is 0 Å². The Balaban J connectivity index is 2.03. The zero-order valence-electron chi connectivity index (χ0n) is 12.6. The molecule has 0 saturated carbocycles. The number of phenolic OH excluding ortho intramolecular Hbond substituents is 4. The monoisotopic (exact) mass is 312 g/mol. The second-order valence-corrected chi connectivity index (χ2v) is 6.00. The smallest absolute Gasteiger partial charge is 0.119 e. The average Bonchev–Trinajstić information content (AvgIpc) is 2.71. The molecule has 1 aliphatic heterocycles. The number of benzene rings is 2. The first-order valence-corrected chi connectivity index (χ1v) is 7.01. The topological polar surface area (TPSA) is 106 Å². The van der Waals surface area contributed by atoms with E-state index < -0.39 is 5.41 Å². The maximum absolute atomic E-state index is 9.66. The molecule has 0 aliphatic carbocycles. The molecule has 0 aromatic heterocycles. The number of phenols is 4. The lowest BCUT2D eigenvalue weighted by molar-refractivity contribution is 0.449. The highest BCUT2D eigenvalue weighted by Gasteiger charge is 2.38. The van der Waals surface area contributed by atoms with E-state index in [1.54, 1.807) is 0 Å². The molecule has 6 heteroatoms. The van der Waals surface area contributed by atoms with Crippen LogP contribution in [0.1, 0.15) is 25.0 Å². The summed E-state index contributed by atoms with van der Waals surface area (Å²) >= 11 is 0. The molecule has 0 spiro atoms. The van der Waals surface area contributed by atoms with Gasteiger partial charge in [0.15, 0.2) is 0 Å². The van der Waals surface area contributed by atoms with Crippen molar-refractivity contribution < 1.29 is 20.4 Å². The molecule has 1 heterocycles. The van der Waals surface area contributed by atoms with E-state index in [9.17, 15) is 20.4 Å². The molecular weight excluding hydrogens is 296 g/mol. The Bertz CT molecular complexity index is 744. The number of nitrogens with zero attached hydrogens (tertiary/aromatic N) is 2. The van der Waals surface area contributed by atoms with Gasteiger partial charge in [-0.25, -0.2) is 0 Å². The second kappa shape index (κ2) is 5.01. The highest BCUT2D eigenvalue weighted by Crippen LogP contribution is 2.36. The van der Waals surface area contributed by atoms with Crippen LogP contribution < -0.4 is 0 Å². The molecule has 23 heavy (non-hydrogen) atoms. The average molecular weight is 312 g/mol. The van der Waals surface area contributed by atoms with Crippen LogP contribution in [0.3, 0.4) is 0 Å². The van der Waals surface area contributed by atoms with Crippen molar-refractivity contribution >= 4 is 11.4 Å². The Labute approximate surface area is 132 Å². The molecule has 0 radical (unpaired) electrons. The first kappa shape index (κ1) is 14.9. The zero-order valence-corrected chi connectivity index (χ0v) is 12.6. The van der Waals surface area contributed by atoms with Crippen LogP contribution >= 0.6 is 0 Å². The minimum atomic E-state index is -0.638. The van der Waals surface area contributed by atoms with Gasteiger partial charge in [0, 0.05) is 23.3 Å². The molecule has 3 rings (SSSR count). The number of hydrogen-bond donors (Lipinski definition) is 4. The van der Waals surface area contributed by atoms with Crippen LogP contribution in [0.5, 0.6) is 23.0 Å². The Morgan fingerprint density at radius 3 is 1.22 bits per heavy atom. The minimum Gasteiger partial charge on any atom is -0.508 e. The molecule has 0 atom stereocenters. The van der Waals surface area contributed by atoms with Gasteiger partial charge in [-0.2, -0.15) is 10.2 Å². The fourth-order valence-corrected chi connectivity index (χ4v) is 2.76. The van der Waals surface area contributed by atoms with Gasteiger partial charge in [0.05, 0.1) is 16.8 Å². The molecule has 6 nitrogen and oxygen atoms in total. The number of rotatable bonds is 2. The SMILES string of the molecule is CC1(C)C(c2cc(O)cc(O)c2)=NN=C1c1cc(O)cc(O)c1. The normalized spacial score (nSPS) is 16.1. The quantitative estimate of drug-likeness (QED) is 0.684. The van der Waals surface area contributed by atoms with Gasteiger partial charge >= 0.3 is 0 Å². The predicted molar refractivity (Wildman–Crippen MR) is 86.4 cm³/mol. The van der Waals surface area contributed by atoms with E-state index in [-0.39, 0.29) is 23.0 Å². The molecule has 0 unspecified atom stereocenters. The molecule has 0 fully saturated rings. The summed E-state index contributed by atoms with van der Waals surface area (Å²) < 4.78 is 0. The van der Waals surface area contributed by atoms with E-state index in [1.807, 2.05) is 13.8 Å². The van der Waals surface area contributed by atoms with Gasteiger partial charge < -0.3 is 20.4 Å². The van der Waals surface area contributed by atoms with E-state index in [1.165, 1.54) is 36.4 Å². The molecule has 1 aliphatic rings. The Kier molecular flexibility index (Phi) is 3.25. The van der Waals surface area contributed by atoms with E-state index in [4.69, 9.17) is 0 Å². The van der Waals surface area contributed by atoms with Crippen molar-refractivity contribution in [2.45, 2.75) is 13.8 Å². The molecule has 2 aromatic carbocycles. The Hall–Kier alpha value is -3.02. The third-order valence-corrected chi connectivity index (χ3v) is 3.79. The maximum Gasteiger partial charge on any atom is 0.119 e. The van der Waals surface area contributed by atoms with Crippen LogP contribution in [0.4, 0.5) is 0 Å². The van der Waals surface area contributed by atoms with Crippen LogP contribution in [-0.2, 0) is 0 Å². The lowest BCUT2D eigenvalue weighted by Gasteiger charge is -2.23. The van der Waals surface area contributed by atoms with Crippen LogP contribution in [0.25, 0.3) is 0 Å². The summed E-state index contributed by atoms with van der Waals surface area (Å²) in [6.07, 6.45) is 0. The molecule has 0 saturated heterocycles. The van der Waals surface area contributed by atoms with Gasteiger partial charge in [-0.1, -0.05) is 0 Å². The van der Waals surface area contributed by atoms with Crippen molar-refractivity contribution in [3.05, 3.63) is 47.5 Å². The first-order chi connectivity index (χ1) is 10.8. The van der Waals surface area contributed by atoms with Crippen molar-refractivity contribution in [2.75, 3.05) is 0 Å². The zero-order chi connectivity index (χ0) is 16.8. The number of aromatic hydroxyl groups is 4. The van der Waals surface area contributed by atoms with Crippen LogP contribution in [0, 0.1) is 5.41 Å². The minimum absolute atomic E-state index is 0.0676. The summed E-state index contributed by atoms with van der Waals surface area (Å²) in [5, 5.41) is 47.0. The van der Waals surface area contributed by atoms with Gasteiger partial charge in [-0.15, -0.1) is 0 Å². The fraction of sp³-hybridized carbons (Fsp3) is 0.176. The third kappa shape index (κ3) is 2.59. The fourth-order valence-electron chi connectivity index (χ4n) is 2.76. The van der Waals surface area contributed by atoms with Gasteiger partial charge in [-0.05, 0) is 38.1 Å².